The standard InChI is InChI=1S/C13H15ClFN3/c1-10(13-11(14)3-2-4-12(13)15)17-6-8-18-7-5-16-9-18/h2-5,7,9-10,17H,6,8H2,1H3/t10-/m0/s1. The molecule has 1 atom stereocenters. The molecule has 0 aliphatic carbocycles. The van der Waals surface area contributed by atoms with E-state index in [9.17, 15) is 4.39 Å². The van der Waals surface area contributed by atoms with Crippen molar-refractivity contribution < 1.29 is 4.39 Å². The van der Waals surface area contributed by atoms with Crippen molar-refractivity contribution in [2.75, 3.05) is 6.54 Å². The molecule has 0 saturated heterocycles. The predicted octanol–water partition coefficient (Wildman–Crippen LogP) is 3.03. The number of halogens is 2. The van der Waals surface area contributed by atoms with Gasteiger partial charge in [-0.3, -0.25) is 0 Å². The number of nitrogens with zero attached hydrogens (tertiary/aromatic N) is 2. The third-order valence-electron chi connectivity index (χ3n) is 2.81. The van der Waals surface area contributed by atoms with Crippen LogP contribution in [-0.2, 0) is 6.54 Å². The molecular weight excluding hydrogens is 253 g/mol. The van der Waals surface area contributed by atoms with Crippen LogP contribution >= 0.6 is 11.6 Å². The molecular formula is C13H15ClFN3. The van der Waals surface area contributed by atoms with Crippen molar-refractivity contribution in [3.63, 3.8) is 0 Å². The first-order valence-electron chi connectivity index (χ1n) is 5.81. The van der Waals surface area contributed by atoms with Crippen LogP contribution in [0.15, 0.2) is 36.9 Å². The van der Waals surface area contributed by atoms with Gasteiger partial charge in [0.05, 0.1) is 6.33 Å². The number of aromatic nitrogens is 2. The zero-order chi connectivity index (χ0) is 13.0. The van der Waals surface area contributed by atoms with Crippen molar-refractivity contribution in [3.05, 3.63) is 53.3 Å². The van der Waals surface area contributed by atoms with Crippen LogP contribution in [0.25, 0.3) is 0 Å². The van der Waals surface area contributed by atoms with E-state index in [1.807, 2.05) is 17.7 Å². The Morgan fingerprint density at radius 1 is 1.50 bits per heavy atom. The molecule has 96 valence electrons. The van der Waals surface area contributed by atoms with Crippen molar-refractivity contribution in [1.82, 2.24) is 14.9 Å². The molecule has 0 amide bonds. The SMILES string of the molecule is C[C@H](NCCn1ccnc1)c1c(F)cccc1Cl. The van der Waals surface area contributed by atoms with Crippen LogP contribution in [0.3, 0.4) is 0 Å². The van der Waals surface area contributed by atoms with Crippen molar-refractivity contribution in [2.24, 2.45) is 0 Å². The fraction of sp³-hybridized carbons (Fsp3) is 0.308. The van der Waals surface area contributed by atoms with Gasteiger partial charge in [-0.1, -0.05) is 17.7 Å². The summed E-state index contributed by atoms with van der Waals surface area (Å²) in [5.74, 6) is -0.273. The lowest BCUT2D eigenvalue weighted by molar-refractivity contribution is 0.505. The van der Waals surface area contributed by atoms with E-state index in [2.05, 4.69) is 10.3 Å². The van der Waals surface area contributed by atoms with Gasteiger partial charge in [0.1, 0.15) is 5.82 Å². The van der Waals surface area contributed by atoms with Crippen LogP contribution in [0.1, 0.15) is 18.5 Å². The lowest BCUT2D eigenvalue weighted by Gasteiger charge is -2.16. The van der Waals surface area contributed by atoms with Crippen LogP contribution in [0.5, 0.6) is 0 Å². The van der Waals surface area contributed by atoms with Gasteiger partial charge >= 0.3 is 0 Å². The van der Waals surface area contributed by atoms with Gasteiger partial charge in [0.15, 0.2) is 0 Å². The van der Waals surface area contributed by atoms with Gasteiger partial charge in [0.2, 0.25) is 0 Å². The van der Waals surface area contributed by atoms with Crippen molar-refractivity contribution >= 4 is 11.6 Å². The molecule has 1 aromatic heterocycles. The highest BCUT2D eigenvalue weighted by Gasteiger charge is 2.13. The summed E-state index contributed by atoms with van der Waals surface area (Å²) in [6, 6.07) is 4.62. The Morgan fingerprint density at radius 3 is 3.00 bits per heavy atom. The molecule has 0 saturated carbocycles. The molecule has 3 nitrogen and oxygen atoms in total. The molecule has 0 aliphatic heterocycles. The summed E-state index contributed by atoms with van der Waals surface area (Å²) in [6.45, 7) is 3.41. The first-order valence-corrected chi connectivity index (χ1v) is 6.19. The highest BCUT2D eigenvalue weighted by molar-refractivity contribution is 6.31. The molecule has 0 spiro atoms. The smallest absolute Gasteiger partial charge is 0.129 e. The van der Waals surface area contributed by atoms with E-state index >= 15 is 0 Å². The fourth-order valence-corrected chi connectivity index (χ4v) is 2.18. The van der Waals surface area contributed by atoms with E-state index in [4.69, 9.17) is 11.6 Å². The van der Waals surface area contributed by atoms with E-state index in [1.165, 1.54) is 6.07 Å². The largest absolute Gasteiger partial charge is 0.336 e. The van der Waals surface area contributed by atoms with Gasteiger partial charge in [0.25, 0.3) is 0 Å². The second-order valence-electron chi connectivity index (χ2n) is 4.11. The highest BCUT2D eigenvalue weighted by Crippen LogP contribution is 2.25. The number of imidazole rings is 1. The van der Waals surface area contributed by atoms with Crippen molar-refractivity contribution in [2.45, 2.75) is 19.5 Å². The Balaban J connectivity index is 1.93. The summed E-state index contributed by atoms with van der Waals surface area (Å²) in [5.41, 5.74) is 0.518. The minimum Gasteiger partial charge on any atom is -0.336 e. The molecule has 0 bridgehead atoms. The van der Waals surface area contributed by atoms with Crippen molar-refractivity contribution in [1.29, 1.82) is 0 Å². The molecule has 18 heavy (non-hydrogen) atoms. The number of rotatable bonds is 5. The maximum absolute atomic E-state index is 13.7. The first-order chi connectivity index (χ1) is 8.68. The molecule has 1 aromatic carbocycles. The fourth-order valence-electron chi connectivity index (χ4n) is 1.86. The van der Waals surface area contributed by atoms with Crippen LogP contribution in [0.2, 0.25) is 5.02 Å². The molecule has 1 N–H and O–H groups in total. The normalized spacial score (nSPS) is 12.6. The third-order valence-corrected chi connectivity index (χ3v) is 3.14. The third kappa shape index (κ3) is 3.09. The second kappa shape index (κ2) is 5.98. The van der Waals surface area contributed by atoms with Gasteiger partial charge in [-0.25, -0.2) is 9.37 Å². The van der Waals surface area contributed by atoms with E-state index in [0.717, 1.165) is 13.1 Å². The van der Waals surface area contributed by atoms with E-state index in [0.29, 0.717) is 10.6 Å². The quantitative estimate of drug-likeness (QED) is 0.902. The zero-order valence-electron chi connectivity index (χ0n) is 10.1. The van der Waals surface area contributed by atoms with Crippen molar-refractivity contribution in [3.8, 4) is 0 Å². The van der Waals surface area contributed by atoms with Gasteiger partial charge in [-0.05, 0) is 19.1 Å². The summed E-state index contributed by atoms with van der Waals surface area (Å²) in [4.78, 5) is 3.96. The Hall–Kier alpha value is -1.39. The van der Waals surface area contributed by atoms with Crippen LogP contribution < -0.4 is 5.32 Å². The summed E-state index contributed by atoms with van der Waals surface area (Å²) in [6.07, 6.45) is 5.38. The Morgan fingerprint density at radius 2 is 2.33 bits per heavy atom. The lowest BCUT2D eigenvalue weighted by Crippen LogP contribution is -2.24. The van der Waals surface area contributed by atoms with E-state index in [-0.39, 0.29) is 11.9 Å². The summed E-state index contributed by atoms with van der Waals surface area (Å²) >= 11 is 6.01. The Labute approximate surface area is 111 Å². The van der Waals surface area contributed by atoms with Gasteiger partial charge in [-0.15, -0.1) is 0 Å². The summed E-state index contributed by atoms with van der Waals surface area (Å²) in [5, 5.41) is 3.70. The first kappa shape index (κ1) is 13.1. The number of nitrogens with one attached hydrogen (secondary N) is 1. The monoisotopic (exact) mass is 267 g/mol. The van der Waals surface area contributed by atoms with Gasteiger partial charge < -0.3 is 9.88 Å². The molecule has 2 aromatic rings. The molecule has 5 heteroatoms. The van der Waals surface area contributed by atoms with E-state index < -0.39 is 0 Å². The van der Waals surface area contributed by atoms with E-state index in [1.54, 1.807) is 24.7 Å². The minimum absolute atomic E-state index is 0.123. The second-order valence-corrected chi connectivity index (χ2v) is 4.52. The maximum atomic E-state index is 13.7. The summed E-state index contributed by atoms with van der Waals surface area (Å²) in [7, 11) is 0. The number of hydrogen-bond donors (Lipinski definition) is 1. The molecule has 0 aliphatic rings. The zero-order valence-corrected chi connectivity index (χ0v) is 10.9. The Kier molecular flexibility index (Phi) is 4.33. The number of hydrogen-bond acceptors (Lipinski definition) is 2. The summed E-state index contributed by atoms with van der Waals surface area (Å²) < 4.78 is 15.6. The van der Waals surface area contributed by atoms with Gasteiger partial charge in [-0.2, -0.15) is 0 Å². The topological polar surface area (TPSA) is 29.9 Å². The van der Waals surface area contributed by atoms with Gasteiger partial charge in [0, 0.05) is 42.1 Å². The maximum Gasteiger partial charge on any atom is 0.129 e. The van der Waals surface area contributed by atoms with Crippen LogP contribution in [0.4, 0.5) is 4.39 Å². The molecule has 0 fully saturated rings. The lowest BCUT2D eigenvalue weighted by atomic mass is 10.1. The molecule has 2 rings (SSSR count). The average molecular weight is 268 g/mol. The molecule has 0 radical (unpaired) electrons. The number of benzene rings is 1. The molecule has 1 heterocycles. The Bertz CT molecular complexity index is 479. The van der Waals surface area contributed by atoms with Crippen LogP contribution in [-0.4, -0.2) is 16.1 Å². The highest BCUT2D eigenvalue weighted by atomic mass is 35.5. The average Bonchev–Trinajstić information content (AvgIpc) is 2.82. The molecule has 0 unspecified atom stereocenters. The van der Waals surface area contributed by atoms with Crippen LogP contribution in [0, 0.1) is 5.82 Å². The minimum atomic E-state index is -0.273. The predicted molar refractivity (Wildman–Crippen MR) is 70.1 cm³/mol.